The molecule has 134 valence electrons. The number of hydrogen-bond acceptors (Lipinski definition) is 4. The van der Waals surface area contributed by atoms with Gasteiger partial charge in [0.25, 0.3) is 0 Å². The number of aliphatic hydroxyl groups is 1. The molecule has 0 aliphatic carbocycles. The van der Waals surface area contributed by atoms with E-state index in [1.54, 1.807) is 12.1 Å². The number of aliphatic hydroxyl groups excluding tert-OH is 1. The van der Waals surface area contributed by atoms with E-state index >= 15 is 0 Å². The molecule has 2 N–H and O–H groups in total. The average Bonchev–Trinajstić information content (AvgIpc) is 3.01. The number of amides is 1. The number of benzene rings is 2. The first kappa shape index (κ1) is 18.2. The van der Waals surface area contributed by atoms with Gasteiger partial charge in [0.15, 0.2) is 5.13 Å². The first-order valence-electron chi connectivity index (χ1n) is 8.29. The maximum Gasteiger partial charge on any atom is 0.226 e. The summed E-state index contributed by atoms with van der Waals surface area (Å²) in [4.78, 5) is 17.5. The summed E-state index contributed by atoms with van der Waals surface area (Å²) < 4.78 is 13.1. The maximum absolute atomic E-state index is 13.1. The van der Waals surface area contributed by atoms with E-state index in [-0.39, 0.29) is 18.1 Å². The van der Waals surface area contributed by atoms with Crippen molar-refractivity contribution in [3.05, 3.63) is 70.9 Å². The Morgan fingerprint density at radius 2 is 1.88 bits per heavy atom. The number of carbonyl (C=O) groups excluding carboxylic acids is 1. The van der Waals surface area contributed by atoms with E-state index < -0.39 is 6.10 Å². The molecule has 0 unspecified atom stereocenters. The highest BCUT2D eigenvalue weighted by atomic mass is 32.1. The molecule has 0 fully saturated rings. The Bertz CT molecular complexity index is 879. The molecule has 0 bridgehead atoms. The molecule has 3 rings (SSSR count). The highest BCUT2D eigenvalue weighted by Gasteiger charge is 2.14. The van der Waals surface area contributed by atoms with Crippen LogP contribution >= 0.6 is 11.3 Å². The molecule has 1 atom stereocenters. The Balaban J connectivity index is 1.59. The van der Waals surface area contributed by atoms with Gasteiger partial charge in [-0.1, -0.05) is 30.3 Å². The molecule has 6 heteroatoms. The Kier molecular flexibility index (Phi) is 5.75. The van der Waals surface area contributed by atoms with Crippen LogP contribution in [0.25, 0.3) is 11.3 Å². The molecular weight excluding hydrogens is 351 g/mol. The Labute approximate surface area is 155 Å². The van der Waals surface area contributed by atoms with Gasteiger partial charge >= 0.3 is 0 Å². The number of nitrogens with one attached hydrogen (secondary N) is 1. The molecule has 26 heavy (non-hydrogen) atoms. The lowest BCUT2D eigenvalue weighted by Gasteiger charge is -2.10. The standard InChI is InChI=1S/C20H19FN2O2S/c1-13-19(15-7-9-16(21)10-8-15)23-20(26-13)22-18(25)12-11-17(24)14-5-3-2-4-6-14/h2-10,17,24H,11-12H2,1H3,(H,22,23,25)/t17-/m0/s1. The van der Waals surface area contributed by atoms with Crippen LogP contribution in [-0.2, 0) is 4.79 Å². The molecule has 1 amide bonds. The van der Waals surface area contributed by atoms with Crippen molar-refractivity contribution in [1.82, 2.24) is 4.98 Å². The SMILES string of the molecule is Cc1sc(NC(=O)CC[C@H](O)c2ccccc2)nc1-c1ccc(F)cc1. The third-order valence-corrected chi connectivity index (χ3v) is 4.88. The molecule has 0 spiro atoms. The zero-order chi connectivity index (χ0) is 18.5. The van der Waals surface area contributed by atoms with Gasteiger partial charge in [-0.05, 0) is 43.2 Å². The predicted octanol–water partition coefficient (Wildman–Crippen LogP) is 4.71. The van der Waals surface area contributed by atoms with E-state index in [0.717, 1.165) is 21.7 Å². The van der Waals surface area contributed by atoms with Gasteiger partial charge in [-0.15, -0.1) is 11.3 Å². The smallest absolute Gasteiger partial charge is 0.226 e. The molecule has 0 aliphatic heterocycles. The lowest BCUT2D eigenvalue weighted by atomic mass is 10.1. The molecule has 2 aromatic carbocycles. The predicted molar refractivity (Wildman–Crippen MR) is 102 cm³/mol. The van der Waals surface area contributed by atoms with Gasteiger partial charge < -0.3 is 10.4 Å². The number of thiazole rings is 1. The number of rotatable bonds is 6. The summed E-state index contributed by atoms with van der Waals surface area (Å²) >= 11 is 1.37. The normalized spacial score (nSPS) is 12.0. The Hall–Kier alpha value is -2.57. The van der Waals surface area contributed by atoms with Gasteiger partial charge in [-0.3, -0.25) is 4.79 Å². The van der Waals surface area contributed by atoms with E-state index in [4.69, 9.17) is 0 Å². The van der Waals surface area contributed by atoms with Crippen LogP contribution in [0.5, 0.6) is 0 Å². The van der Waals surface area contributed by atoms with Crippen LogP contribution in [0.4, 0.5) is 9.52 Å². The van der Waals surface area contributed by atoms with Gasteiger partial charge in [-0.2, -0.15) is 0 Å². The van der Waals surface area contributed by atoms with Gasteiger partial charge in [0.05, 0.1) is 11.8 Å². The molecule has 0 saturated heterocycles. The number of carbonyl (C=O) groups is 1. The number of aryl methyl sites for hydroxylation is 1. The number of halogens is 1. The second kappa shape index (κ2) is 8.21. The Morgan fingerprint density at radius 1 is 1.19 bits per heavy atom. The van der Waals surface area contributed by atoms with E-state index in [9.17, 15) is 14.3 Å². The number of hydrogen-bond donors (Lipinski definition) is 2. The second-order valence-electron chi connectivity index (χ2n) is 5.94. The van der Waals surface area contributed by atoms with Crippen molar-refractivity contribution < 1.29 is 14.3 Å². The number of nitrogens with zero attached hydrogens (tertiary/aromatic N) is 1. The van der Waals surface area contributed by atoms with Crippen molar-refractivity contribution in [2.75, 3.05) is 5.32 Å². The average molecular weight is 370 g/mol. The lowest BCUT2D eigenvalue weighted by molar-refractivity contribution is -0.116. The van der Waals surface area contributed by atoms with Crippen LogP contribution in [0.1, 0.15) is 29.4 Å². The third-order valence-electron chi connectivity index (χ3n) is 3.99. The number of aromatic nitrogens is 1. The minimum absolute atomic E-state index is 0.195. The van der Waals surface area contributed by atoms with Crippen LogP contribution in [0.3, 0.4) is 0 Å². The van der Waals surface area contributed by atoms with E-state index in [2.05, 4.69) is 10.3 Å². The molecule has 0 saturated carbocycles. The largest absolute Gasteiger partial charge is 0.388 e. The van der Waals surface area contributed by atoms with Crippen LogP contribution in [-0.4, -0.2) is 16.0 Å². The molecule has 1 heterocycles. The Morgan fingerprint density at radius 3 is 2.58 bits per heavy atom. The van der Waals surface area contributed by atoms with Crippen molar-refractivity contribution in [1.29, 1.82) is 0 Å². The molecule has 0 aliphatic rings. The fourth-order valence-electron chi connectivity index (χ4n) is 2.62. The van der Waals surface area contributed by atoms with Crippen molar-refractivity contribution in [2.24, 2.45) is 0 Å². The monoisotopic (exact) mass is 370 g/mol. The molecule has 1 aromatic heterocycles. The fourth-order valence-corrected chi connectivity index (χ4v) is 3.47. The molecular formula is C20H19FN2O2S. The van der Waals surface area contributed by atoms with Crippen LogP contribution in [0.2, 0.25) is 0 Å². The van der Waals surface area contributed by atoms with E-state index in [1.807, 2.05) is 37.3 Å². The van der Waals surface area contributed by atoms with Gasteiger partial charge in [-0.25, -0.2) is 9.37 Å². The van der Waals surface area contributed by atoms with Crippen molar-refractivity contribution >= 4 is 22.4 Å². The van der Waals surface area contributed by atoms with Gasteiger partial charge in [0, 0.05) is 16.9 Å². The van der Waals surface area contributed by atoms with Crippen molar-refractivity contribution in [3.63, 3.8) is 0 Å². The van der Waals surface area contributed by atoms with Crippen LogP contribution < -0.4 is 5.32 Å². The summed E-state index contributed by atoms with van der Waals surface area (Å²) in [6, 6.07) is 15.4. The zero-order valence-electron chi connectivity index (χ0n) is 14.3. The summed E-state index contributed by atoms with van der Waals surface area (Å²) in [5, 5.41) is 13.4. The minimum atomic E-state index is -0.672. The molecule has 0 radical (unpaired) electrons. The van der Waals surface area contributed by atoms with Crippen molar-refractivity contribution in [2.45, 2.75) is 25.9 Å². The van der Waals surface area contributed by atoms with Crippen LogP contribution in [0.15, 0.2) is 54.6 Å². The highest BCUT2D eigenvalue weighted by molar-refractivity contribution is 7.16. The topological polar surface area (TPSA) is 62.2 Å². The third kappa shape index (κ3) is 4.53. The summed E-state index contributed by atoms with van der Waals surface area (Å²) in [6.45, 7) is 1.91. The van der Waals surface area contributed by atoms with E-state index in [1.165, 1.54) is 23.5 Å². The summed E-state index contributed by atoms with van der Waals surface area (Å²) in [5.41, 5.74) is 2.33. The van der Waals surface area contributed by atoms with E-state index in [0.29, 0.717) is 11.6 Å². The fraction of sp³-hybridized carbons (Fsp3) is 0.200. The zero-order valence-corrected chi connectivity index (χ0v) is 15.1. The summed E-state index contributed by atoms with van der Waals surface area (Å²) in [5.74, 6) is -0.494. The van der Waals surface area contributed by atoms with Crippen LogP contribution in [0, 0.1) is 12.7 Å². The molecule has 3 aromatic rings. The first-order chi connectivity index (χ1) is 12.5. The molecule has 4 nitrogen and oxygen atoms in total. The maximum atomic E-state index is 13.1. The quantitative estimate of drug-likeness (QED) is 0.660. The first-order valence-corrected chi connectivity index (χ1v) is 9.11. The lowest BCUT2D eigenvalue weighted by Crippen LogP contribution is -2.12. The van der Waals surface area contributed by atoms with Gasteiger partial charge in [0.1, 0.15) is 5.82 Å². The van der Waals surface area contributed by atoms with Crippen molar-refractivity contribution in [3.8, 4) is 11.3 Å². The summed E-state index contributed by atoms with van der Waals surface area (Å²) in [6.07, 6.45) is -0.138. The number of anilines is 1. The summed E-state index contributed by atoms with van der Waals surface area (Å²) in [7, 11) is 0. The highest BCUT2D eigenvalue weighted by Crippen LogP contribution is 2.30. The minimum Gasteiger partial charge on any atom is -0.388 e. The van der Waals surface area contributed by atoms with Gasteiger partial charge in [0.2, 0.25) is 5.91 Å². The second-order valence-corrected chi connectivity index (χ2v) is 7.15.